The lowest BCUT2D eigenvalue weighted by Gasteiger charge is -2.02. The SMILES string of the molecule is COc1cncc(O[B]O)c1. The van der Waals surface area contributed by atoms with Gasteiger partial charge in [0, 0.05) is 6.07 Å². The number of nitrogens with zero attached hydrogens (tertiary/aromatic N) is 1. The lowest BCUT2D eigenvalue weighted by Crippen LogP contribution is -2.00. The summed E-state index contributed by atoms with van der Waals surface area (Å²) in [6.45, 7) is 0. The van der Waals surface area contributed by atoms with Crippen LogP contribution in [0, 0.1) is 0 Å². The van der Waals surface area contributed by atoms with E-state index in [1.165, 1.54) is 13.3 Å². The van der Waals surface area contributed by atoms with E-state index in [4.69, 9.17) is 9.76 Å². The van der Waals surface area contributed by atoms with E-state index in [2.05, 4.69) is 9.64 Å². The third-order valence-electron chi connectivity index (χ3n) is 1.11. The van der Waals surface area contributed by atoms with Gasteiger partial charge in [0.25, 0.3) is 0 Å². The van der Waals surface area contributed by atoms with Crippen LogP contribution < -0.4 is 9.39 Å². The Morgan fingerprint density at radius 3 is 2.82 bits per heavy atom. The van der Waals surface area contributed by atoms with E-state index in [1.807, 2.05) is 0 Å². The van der Waals surface area contributed by atoms with E-state index in [1.54, 1.807) is 12.3 Å². The van der Waals surface area contributed by atoms with Gasteiger partial charge in [-0.15, -0.1) is 0 Å². The van der Waals surface area contributed by atoms with Gasteiger partial charge in [0.1, 0.15) is 11.5 Å². The molecule has 1 aromatic rings. The molecule has 1 rings (SSSR count). The van der Waals surface area contributed by atoms with E-state index in [9.17, 15) is 0 Å². The number of methoxy groups -OCH3 is 1. The molecule has 1 aromatic heterocycles. The molecule has 1 radical (unpaired) electrons. The van der Waals surface area contributed by atoms with Crippen LogP contribution in [0.1, 0.15) is 0 Å². The summed E-state index contributed by atoms with van der Waals surface area (Å²) >= 11 is 0. The molecule has 0 atom stereocenters. The van der Waals surface area contributed by atoms with E-state index >= 15 is 0 Å². The largest absolute Gasteiger partial charge is 0.569 e. The van der Waals surface area contributed by atoms with E-state index < -0.39 is 0 Å². The van der Waals surface area contributed by atoms with Gasteiger partial charge in [-0.25, -0.2) is 0 Å². The highest BCUT2D eigenvalue weighted by atomic mass is 16.5. The summed E-state index contributed by atoms with van der Waals surface area (Å²) in [6, 6.07) is 1.61. The number of pyridine rings is 1. The van der Waals surface area contributed by atoms with E-state index in [0.29, 0.717) is 19.2 Å². The molecule has 0 bridgehead atoms. The minimum Gasteiger partial charge on any atom is -0.536 e. The number of aromatic nitrogens is 1. The molecule has 57 valence electrons. The quantitative estimate of drug-likeness (QED) is 0.619. The molecular weight excluding hydrogens is 145 g/mol. The second-order valence-corrected chi connectivity index (χ2v) is 1.78. The molecule has 1 N–H and O–H groups in total. The Morgan fingerprint density at radius 2 is 2.18 bits per heavy atom. The maximum Gasteiger partial charge on any atom is 0.569 e. The van der Waals surface area contributed by atoms with Crippen LogP contribution in [-0.2, 0) is 0 Å². The minimum atomic E-state index is 0.437. The van der Waals surface area contributed by atoms with E-state index in [0.717, 1.165) is 0 Å². The van der Waals surface area contributed by atoms with Crippen molar-refractivity contribution in [3.8, 4) is 11.5 Å². The van der Waals surface area contributed by atoms with Gasteiger partial charge in [-0.3, -0.25) is 4.98 Å². The molecule has 0 unspecified atom stereocenters. The summed E-state index contributed by atoms with van der Waals surface area (Å²) in [5.41, 5.74) is 0. The fourth-order valence-corrected chi connectivity index (χ4v) is 0.636. The third kappa shape index (κ3) is 2.12. The van der Waals surface area contributed by atoms with Gasteiger partial charge < -0.3 is 14.4 Å². The zero-order valence-corrected chi connectivity index (χ0v) is 6.02. The molecule has 0 saturated heterocycles. The highest BCUT2D eigenvalue weighted by molar-refractivity contribution is 6.17. The van der Waals surface area contributed by atoms with Crippen LogP contribution >= 0.6 is 0 Å². The second-order valence-electron chi connectivity index (χ2n) is 1.78. The maximum absolute atomic E-state index is 8.27. The molecule has 5 heteroatoms. The van der Waals surface area contributed by atoms with Gasteiger partial charge in [0.15, 0.2) is 0 Å². The molecule has 0 spiro atoms. The first kappa shape index (κ1) is 7.88. The van der Waals surface area contributed by atoms with Crippen molar-refractivity contribution in [2.45, 2.75) is 0 Å². The molecule has 0 aliphatic carbocycles. The van der Waals surface area contributed by atoms with Crippen LogP contribution in [0.2, 0.25) is 0 Å². The molecule has 0 fully saturated rings. The van der Waals surface area contributed by atoms with Gasteiger partial charge in [-0.1, -0.05) is 0 Å². The average molecular weight is 152 g/mol. The Kier molecular flexibility index (Phi) is 2.74. The Bertz CT molecular complexity index is 231. The third-order valence-corrected chi connectivity index (χ3v) is 1.11. The number of hydrogen-bond acceptors (Lipinski definition) is 4. The van der Waals surface area contributed by atoms with Gasteiger partial charge in [-0.2, -0.15) is 0 Å². The summed E-state index contributed by atoms with van der Waals surface area (Å²) < 4.78 is 9.50. The minimum absolute atomic E-state index is 0.437. The van der Waals surface area contributed by atoms with Crippen LogP contribution in [0.4, 0.5) is 0 Å². The van der Waals surface area contributed by atoms with Crippen LogP contribution in [0.15, 0.2) is 18.5 Å². The van der Waals surface area contributed by atoms with Crippen molar-refractivity contribution in [2.24, 2.45) is 0 Å². The lowest BCUT2D eigenvalue weighted by molar-refractivity contribution is 0.406. The summed E-state index contributed by atoms with van der Waals surface area (Å²) in [4.78, 5) is 3.79. The van der Waals surface area contributed by atoms with Gasteiger partial charge in [0.05, 0.1) is 19.5 Å². The van der Waals surface area contributed by atoms with Crippen molar-refractivity contribution < 1.29 is 14.4 Å². The molecule has 0 amide bonds. The first-order valence-electron chi connectivity index (χ1n) is 2.98. The fourth-order valence-electron chi connectivity index (χ4n) is 0.636. The Labute approximate surface area is 65.1 Å². The van der Waals surface area contributed by atoms with Crippen molar-refractivity contribution in [1.82, 2.24) is 4.98 Å². The Morgan fingerprint density at radius 1 is 1.45 bits per heavy atom. The summed E-state index contributed by atoms with van der Waals surface area (Å²) in [7, 11) is 2.12. The molecule has 0 aliphatic rings. The number of rotatable bonds is 3. The van der Waals surface area contributed by atoms with Crippen molar-refractivity contribution in [3.05, 3.63) is 18.5 Å². The standard InChI is InChI=1S/C6H7BNO3/c1-10-5-2-6(11-7-9)4-8-3-5/h2-4,9H,1H3. The van der Waals surface area contributed by atoms with Gasteiger partial charge in [0.2, 0.25) is 0 Å². The van der Waals surface area contributed by atoms with Crippen LogP contribution in [-0.4, -0.2) is 24.8 Å². The average Bonchev–Trinajstić information content (AvgIpc) is 2.06. The van der Waals surface area contributed by atoms with Crippen molar-refractivity contribution in [1.29, 1.82) is 0 Å². The summed E-state index contributed by atoms with van der Waals surface area (Å²) in [5.74, 6) is 1.02. The fraction of sp³-hybridized carbons (Fsp3) is 0.167. The topological polar surface area (TPSA) is 51.6 Å². The molecule has 0 saturated carbocycles. The smallest absolute Gasteiger partial charge is 0.536 e. The normalized spacial score (nSPS) is 8.91. The van der Waals surface area contributed by atoms with Gasteiger partial charge in [-0.05, 0) is 0 Å². The summed E-state index contributed by atoms with van der Waals surface area (Å²) in [5, 5.41) is 8.27. The van der Waals surface area contributed by atoms with Crippen LogP contribution in [0.5, 0.6) is 11.5 Å². The molecule has 11 heavy (non-hydrogen) atoms. The predicted molar refractivity (Wildman–Crippen MR) is 39.4 cm³/mol. The highest BCUT2D eigenvalue weighted by Crippen LogP contribution is 2.15. The molecule has 4 nitrogen and oxygen atoms in total. The van der Waals surface area contributed by atoms with Crippen LogP contribution in [0.25, 0.3) is 0 Å². The zero-order valence-electron chi connectivity index (χ0n) is 6.02. The number of hydrogen-bond donors (Lipinski definition) is 1. The molecule has 0 aromatic carbocycles. The van der Waals surface area contributed by atoms with Crippen molar-refractivity contribution in [2.75, 3.05) is 7.11 Å². The monoisotopic (exact) mass is 152 g/mol. The highest BCUT2D eigenvalue weighted by Gasteiger charge is 1.96. The second kappa shape index (κ2) is 3.83. The Balaban J connectivity index is 2.74. The molecule has 0 aliphatic heterocycles. The zero-order chi connectivity index (χ0) is 8.10. The first-order valence-corrected chi connectivity index (χ1v) is 2.98. The lowest BCUT2D eigenvalue weighted by atomic mass is 10.3. The maximum atomic E-state index is 8.27. The summed E-state index contributed by atoms with van der Waals surface area (Å²) in [6.07, 6.45) is 3.01. The first-order chi connectivity index (χ1) is 5.36. The van der Waals surface area contributed by atoms with E-state index in [-0.39, 0.29) is 0 Å². The molecular formula is C6H7BNO3. The Hall–Kier alpha value is -1.23. The van der Waals surface area contributed by atoms with Crippen molar-refractivity contribution >= 4 is 7.69 Å². The van der Waals surface area contributed by atoms with Gasteiger partial charge >= 0.3 is 7.69 Å². The van der Waals surface area contributed by atoms with Crippen molar-refractivity contribution in [3.63, 3.8) is 0 Å². The van der Waals surface area contributed by atoms with Crippen LogP contribution in [0.3, 0.4) is 0 Å². The number of ether oxygens (including phenoxy) is 1. The predicted octanol–water partition coefficient (Wildman–Crippen LogP) is -0.00450. The molecule has 1 heterocycles.